The second-order valence-electron chi connectivity index (χ2n) is 6.58. The van der Waals surface area contributed by atoms with Gasteiger partial charge in [0, 0.05) is 12.1 Å². The lowest BCUT2D eigenvalue weighted by Crippen LogP contribution is -2.52. The van der Waals surface area contributed by atoms with Gasteiger partial charge in [-0.1, -0.05) is 27.7 Å². The van der Waals surface area contributed by atoms with E-state index in [4.69, 9.17) is 0 Å². The molecule has 0 aliphatic heterocycles. The molecule has 0 spiro atoms. The van der Waals surface area contributed by atoms with Crippen LogP contribution in [0.25, 0.3) is 0 Å². The monoisotopic (exact) mass is 227 g/mol. The molecule has 1 aliphatic rings. The van der Waals surface area contributed by atoms with Gasteiger partial charge in [0.25, 0.3) is 0 Å². The summed E-state index contributed by atoms with van der Waals surface area (Å²) >= 11 is 0. The predicted molar refractivity (Wildman–Crippen MR) is 69.5 cm³/mol. The summed E-state index contributed by atoms with van der Waals surface area (Å²) in [6, 6.07) is 1.09. The standard InChI is InChI=1S/C14H29NO/c1-10(2)11(3)15(6)13-9-12(16)7-8-14(13,4)5/h10-13,16H,7-9H2,1-6H3. The third kappa shape index (κ3) is 2.98. The molecule has 3 unspecified atom stereocenters. The van der Waals surface area contributed by atoms with Crippen LogP contribution >= 0.6 is 0 Å². The van der Waals surface area contributed by atoms with E-state index in [0.717, 1.165) is 19.3 Å². The van der Waals surface area contributed by atoms with Gasteiger partial charge in [-0.05, 0) is 44.6 Å². The summed E-state index contributed by atoms with van der Waals surface area (Å²) in [6.45, 7) is 11.5. The summed E-state index contributed by atoms with van der Waals surface area (Å²) in [7, 11) is 2.22. The van der Waals surface area contributed by atoms with E-state index in [-0.39, 0.29) is 6.10 Å². The highest BCUT2D eigenvalue weighted by Gasteiger charge is 2.39. The van der Waals surface area contributed by atoms with Crippen molar-refractivity contribution in [2.24, 2.45) is 11.3 Å². The summed E-state index contributed by atoms with van der Waals surface area (Å²) in [5, 5.41) is 9.85. The minimum Gasteiger partial charge on any atom is -0.393 e. The molecule has 1 aliphatic carbocycles. The van der Waals surface area contributed by atoms with E-state index in [9.17, 15) is 5.11 Å². The summed E-state index contributed by atoms with van der Waals surface area (Å²) in [4.78, 5) is 2.48. The molecule has 0 aromatic carbocycles. The molecule has 2 nitrogen and oxygen atoms in total. The Kier molecular flexibility index (Phi) is 4.42. The largest absolute Gasteiger partial charge is 0.393 e. The number of hydrogen-bond acceptors (Lipinski definition) is 2. The SMILES string of the molecule is CC(C)C(C)N(C)C1CC(O)CCC1(C)C. The molecule has 0 bridgehead atoms. The Morgan fingerprint density at radius 3 is 2.31 bits per heavy atom. The third-order valence-electron chi connectivity index (χ3n) is 4.62. The van der Waals surface area contributed by atoms with E-state index in [1.165, 1.54) is 0 Å². The Bertz CT molecular complexity index is 225. The van der Waals surface area contributed by atoms with Crippen molar-refractivity contribution < 1.29 is 5.11 Å². The molecular formula is C14H29NO. The molecule has 1 saturated carbocycles. The molecule has 1 N–H and O–H groups in total. The first-order chi connectivity index (χ1) is 7.25. The molecule has 1 fully saturated rings. The molecule has 0 saturated heterocycles. The van der Waals surface area contributed by atoms with E-state index >= 15 is 0 Å². The van der Waals surface area contributed by atoms with Crippen molar-refractivity contribution in [1.29, 1.82) is 0 Å². The topological polar surface area (TPSA) is 23.5 Å². The van der Waals surface area contributed by atoms with Gasteiger partial charge in [0.05, 0.1) is 6.10 Å². The summed E-state index contributed by atoms with van der Waals surface area (Å²) < 4.78 is 0. The van der Waals surface area contributed by atoms with Gasteiger partial charge in [-0.15, -0.1) is 0 Å². The minimum absolute atomic E-state index is 0.0974. The van der Waals surface area contributed by atoms with Crippen LogP contribution in [-0.2, 0) is 0 Å². The number of rotatable bonds is 3. The summed E-state index contributed by atoms with van der Waals surface area (Å²) in [5.74, 6) is 0.667. The summed E-state index contributed by atoms with van der Waals surface area (Å²) in [5.41, 5.74) is 0.330. The van der Waals surface area contributed by atoms with Crippen LogP contribution in [0.5, 0.6) is 0 Å². The van der Waals surface area contributed by atoms with Gasteiger partial charge in [0.2, 0.25) is 0 Å². The van der Waals surface area contributed by atoms with Crippen LogP contribution < -0.4 is 0 Å². The third-order valence-corrected chi connectivity index (χ3v) is 4.62. The predicted octanol–water partition coefficient (Wildman–Crippen LogP) is 2.90. The maximum atomic E-state index is 9.85. The van der Waals surface area contributed by atoms with E-state index in [0.29, 0.717) is 23.4 Å². The van der Waals surface area contributed by atoms with Crippen LogP contribution in [0.2, 0.25) is 0 Å². The first kappa shape index (κ1) is 14.0. The van der Waals surface area contributed by atoms with E-state index < -0.39 is 0 Å². The minimum atomic E-state index is -0.0974. The van der Waals surface area contributed by atoms with Crippen molar-refractivity contribution in [3.8, 4) is 0 Å². The Morgan fingerprint density at radius 1 is 1.25 bits per heavy atom. The van der Waals surface area contributed by atoms with E-state index in [1.807, 2.05) is 0 Å². The molecule has 16 heavy (non-hydrogen) atoms. The van der Waals surface area contributed by atoms with Crippen LogP contribution in [-0.4, -0.2) is 35.2 Å². The van der Waals surface area contributed by atoms with Crippen molar-refractivity contribution >= 4 is 0 Å². The molecule has 0 amide bonds. The molecule has 0 heterocycles. The lowest BCUT2D eigenvalue weighted by molar-refractivity contribution is -0.0216. The van der Waals surface area contributed by atoms with Crippen LogP contribution in [0.4, 0.5) is 0 Å². The van der Waals surface area contributed by atoms with Gasteiger partial charge >= 0.3 is 0 Å². The highest BCUT2D eigenvalue weighted by atomic mass is 16.3. The molecule has 1 rings (SSSR count). The molecule has 0 aromatic heterocycles. The fourth-order valence-corrected chi connectivity index (χ4v) is 2.87. The van der Waals surface area contributed by atoms with Gasteiger partial charge in [-0.3, -0.25) is 4.90 Å². The highest BCUT2D eigenvalue weighted by molar-refractivity contribution is 4.93. The Labute approximate surface area is 101 Å². The van der Waals surface area contributed by atoms with Crippen molar-refractivity contribution in [2.45, 2.75) is 72.1 Å². The maximum absolute atomic E-state index is 9.85. The Balaban J connectivity index is 2.75. The molecule has 3 atom stereocenters. The Morgan fingerprint density at radius 2 is 1.81 bits per heavy atom. The van der Waals surface area contributed by atoms with E-state index in [2.05, 4.69) is 46.6 Å². The molecule has 0 radical (unpaired) electrons. The normalized spacial score (nSPS) is 32.1. The first-order valence-corrected chi connectivity index (χ1v) is 6.65. The first-order valence-electron chi connectivity index (χ1n) is 6.65. The average Bonchev–Trinajstić information content (AvgIpc) is 2.19. The molecular weight excluding hydrogens is 198 g/mol. The molecule has 0 aromatic rings. The number of aliphatic hydroxyl groups excluding tert-OH is 1. The molecule has 96 valence electrons. The van der Waals surface area contributed by atoms with Gasteiger partial charge in [0.1, 0.15) is 0 Å². The lowest BCUT2D eigenvalue weighted by Gasteiger charge is -2.48. The number of aliphatic hydroxyl groups is 1. The van der Waals surface area contributed by atoms with Crippen LogP contribution in [0.1, 0.15) is 53.9 Å². The number of nitrogens with zero attached hydrogens (tertiary/aromatic N) is 1. The smallest absolute Gasteiger partial charge is 0.0555 e. The zero-order valence-corrected chi connectivity index (χ0v) is 11.8. The van der Waals surface area contributed by atoms with Gasteiger partial charge in [-0.25, -0.2) is 0 Å². The zero-order valence-electron chi connectivity index (χ0n) is 11.8. The summed E-state index contributed by atoms with van der Waals surface area (Å²) in [6.07, 6.45) is 2.93. The average molecular weight is 227 g/mol. The van der Waals surface area contributed by atoms with Crippen LogP contribution in [0.15, 0.2) is 0 Å². The van der Waals surface area contributed by atoms with Gasteiger partial charge in [0.15, 0.2) is 0 Å². The lowest BCUT2D eigenvalue weighted by atomic mass is 9.71. The second kappa shape index (κ2) is 5.05. The van der Waals surface area contributed by atoms with Crippen LogP contribution in [0, 0.1) is 11.3 Å². The van der Waals surface area contributed by atoms with Gasteiger partial charge < -0.3 is 5.11 Å². The molecule has 2 heteroatoms. The van der Waals surface area contributed by atoms with Crippen molar-refractivity contribution in [2.75, 3.05) is 7.05 Å². The fourth-order valence-electron chi connectivity index (χ4n) is 2.87. The van der Waals surface area contributed by atoms with Crippen molar-refractivity contribution in [1.82, 2.24) is 4.90 Å². The second-order valence-corrected chi connectivity index (χ2v) is 6.58. The van der Waals surface area contributed by atoms with E-state index in [1.54, 1.807) is 0 Å². The van der Waals surface area contributed by atoms with Crippen molar-refractivity contribution in [3.63, 3.8) is 0 Å². The Hall–Kier alpha value is -0.0800. The maximum Gasteiger partial charge on any atom is 0.0555 e. The zero-order chi connectivity index (χ0) is 12.5. The highest BCUT2D eigenvalue weighted by Crippen LogP contribution is 2.39. The quantitative estimate of drug-likeness (QED) is 0.801. The van der Waals surface area contributed by atoms with Crippen LogP contribution in [0.3, 0.4) is 0 Å². The van der Waals surface area contributed by atoms with Gasteiger partial charge in [-0.2, -0.15) is 0 Å². The van der Waals surface area contributed by atoms with Crippen molar-refractivity contribution in [3.05, 3.63) is 0 Å². The number of hydrogen-bond donors (Lipinski definition) is 1. The fraction of sp³-hybridized carbons (Fsp3) is 1.00.